The van der Waals surface area contributed by atoms with Crippen LogP contribution in [0.3, 0.4) is 0 Å². The minimum Gasteiger partial charge on any atom is -0.491 e. The van der Waals surface area contributed by atoms with Gasteiger partial charge in [-0.2, -0.15) is 0 Å². The normalized spacial score (nSPS) is 11.8. The van der Waals surface area contributed by atoms with Gasteiger partial charge in [0.25, 0.3) is 0 Å². The number of ether oxygens (including phenoxy) is 1. The summed E-state index contributed by atoms with van der Waals surface area (Å²) in [5.41, 5.74) is 0.726. The minimum absolute atomic E-state index is 0.00198. The second-order valence-corrected chi connectivity index (χ2v) is 5.40. The second kappa shape index (κ2) is 8.50. The largest absolute Gasteiger partial charge is 0.491 e. The number of nitrogens with one attached hydrogen (secondary N) is 1. The average molecular weight is 338 g/mol. The van der Waals surface area contributed by atoms with Crippen LogP contribution >= 0.6 is 11.6 Å². The highest BCUT2D eigenvalue weighted by atomic mass is 35.5. The molecule has 0 aromatic heterocycles. The topological polar surface area (TPSA) is 58.6 Å². The smallest absolute Gasteiger partial charge is 0.224 e. The highest BCUT2D eigenvalue weighted by Gasteiger charge is 2.10. The van der Waals surface area contributed by atoms with Crippen molar-refractivity contribution in [1.82, 2.24) is 5.32 Å². The molecule has 2 rings (SSSR count). The van der Waals surface area contributed by atoms with Crippen LogP contribution in [0, 0.1) is 5.82 Å². The first-order chi connectivity index (χ1) is 11.0. The van der Waals surface area contributed by atoms with Gasteiger partial charge in [0.15, 0.2) is 0 Å². The van der Waals surface area contributed by atoms with Crippen molar-refractivity contribution < 1.29 is 19.0 Å². The van der Waals surface area contributed by atoms with E-state index >= 15 is 0 Å². The van der Waals surface area contributed by atoms with E-state index in [1.165, 1.54) is 24.3 Å². The molecule has 2 N–H and O–H groups in total. The lowest BCUT2D eigenvalue weighted by molar-refractivity contribution is -0.121. The molecule has 0 heterocycles. The molecule has 4 nitrogen and oxygen atoms in total. The van der Waals surface area contributed by atoms with Gasteiger partial charge in [-0.05, 0) is 35.9 Å². The first-order valence-corrected chi connectivity index (χ1v) is 7.49. The molecule has 0 saturated carbocycles. The summed E-state index contributed by atoms with van der Waals surface area (Å²) in [7, 11) is 0. The second-order valence-electron chi connectivity index (χ2n) is 4.99. The van der Waals surface area contributed by atoms with Crippen molar-refractivity contribution in [1.29, 1.82) is 0 Å². The number of benzene rings is 2. The van der Waals surface area contributed by atoms with Crippen molar-refractivity contribution in [3.63, 3.8) is 0 Å². The van der Waals surface area contributed by atoms with Crippen LogP contribution in [0.1, 0.15) is 5.56 Å². The lowest BCUT2D eigenvalue weighted by Crippen LogP contribution is -2.36. The Morgan fingerprint density at radius 2 is 1.91 bits per heavy atom. The standard InChI is InChI=1S/C17H17ClFNO3/c18-16-4-2-1-3-12(16)9-17(22)20-10-14(21)11-23-15-7-5-13(19)6-8-15/h1-8,14,21H,9-11H2,(H,20,22). The number of aliphatic hydroxyl groups is 1. The third kappa shape index (κ3) is 5.88. The number of carbonyl (C=O) groups is 1. The zero-order valence-corrected chi connectivity index (χ0v) is 13.1. The molecular formula is C17H17ClFNO3. The van der Waals surface area contributed by atoms with E-state index in [-0.39, 0.29) is 31.3 Å². The number of halogens is 2. The zero-order chi connectivity index (χ0) is 16.7. The molecule has 0 aliphatic carbocycles. The van der Waals surface area contributed by atoms with Crippen LogP contribution < -0.4 is 10.1 Å². The number of rotatable bonds is 7. The average Bonchev–Trinajstić information content (AvgIpc) is 2.54. The third-order valence-corrected chi connectivity index (χ3v) is 3.47. The number of carbonyl (C=O) groups excluding carboxylic acids is 1. The summed E-state index contributed by atoms with van der Waals surface area (Å²) in [6, 6.07) is 12.6. The van der Waals surface area contributed by atoms with Crippen LogP contribution in [0.15, 0.2) is 48.5 Å². The quantitative estimate of drug-likeness (QED) is 0.816. The van der Waals surface area contributed by atoms with Gasteiger partial charge in [0.05, 0.1) is 6.42 Å². The molecule has 2 aromatic rings. The van der Waals surface area contributed by atoms with Gasteiger partial charge < -0.3 is 15.2 Å². The van der Waals surface area contributed by atoms with Crippen molar-refractivity contribution in [3.05, 3.63) is 64.9 Å². The summed E-state index contributed by atoms with van der Waals surface area (Å²) in [6.45, 7) is 0.0580. The summed E-state index contributed by atoms with van der Waals surface area (Å²) in [4.78, 5) is 11.8. The molecule has 1 amide bonds. The van der Waals surface area contributed by atoms with Crippen molar-refractivity contribution in [2.45, 2.75) is 12.5 Å². The first kappa shape index (κ1) is 17.2. The van der Waals surface area contributed by atoms with E-state index in [1.807, 2.05) is 0 Å². The molecule has 1 atom stereocenters. The molecule has 0 bridgehead atoms. The van der Waals surface area contributed by atoms with E-state index in [1.54, 1.807) is 24.3 Å². The summed E-state index contributed by atoms with van der Waals surface area (Å²) < 4.78 is 18.0. The number of aliphatic hydroxyl groups excluding tert-OH is 1. The van der Waals surface area contributed by atoms with Crippen molar-refractivity contribution in [2.75, 3.05) is 13.2 Å². The van der Waals surface area contributed by atoms with Gasteiger partial charge in [0, 0.05) is 11.6 Å². The summed E-state index contributed by atoms with van der Waals surface area (Å²) >= 11 is 5.98. The van der Waals surface area contributed by atoms with E-state index in [4.69, 9.17) is 16.3 Å². The molecule has 2 aromatic carbocycles. The first-order valence-electron chi connectivity index (χ1n) is 7.11. The van der Waals surface area contributed by atoms with Gasteiger partial charge >= 0.3 is 0 Å². The highest BCUT2D eigenvalue weighted by molar-refractivity contribution is 6.31. The molecular weight excluding hydrogens is 321 g/mol. The maximum atomic E-state index is 12.7. The Bertz CT molecular complexity index is 649. The van der Waals surface area contributed by atoms with Gasteiger partial charge in [0.1, 0.15) is 24.3 Å². The highest BCUT2D eigenvalue weighted by Crippen LogP contribution is 2.15. The SMILES string of the molecule is O=C(Cc1ccccc1Cl)NCC(O)COc1ccc(F)cc1. The fraction of sp³-hybridized carbons (Fsp3) is 0.235. The van der Waals surface area contributed by atoms with E-state index in [0.717, 1.165) is 5.56 Å². The predicted molar refractivity (Wildman–Crippen MR) is 86.1 cm³/mol. The van der Waals surface area contributed by atoms with Crippen LogP contribution in [0.2, 0.25) is 5.02 Å². The molecule has 0 aliphatic heterocycles. The number of amides is 1. The zero-order valence-electron chi connectivity index (χ0n) is 12.3. The molecule has 0 spiro atoms. The Labute approximate surface area is 138 Å². The van der Waals surface area contributed by atoms with Gasteiger partial charge in [-0.15, -0.1) is 0 Å². The van der Waals surface area contributed by atoms with Crippen molar-refractivity contribution in [2.24, 2.45) is 0 Å². The fourth-order valence-electron chi connectivity index (χ4n) is 1.89. The van der Waals surface area contributed by atoms with Gasteiger partial charge in [-0.1, -0.05) is 29.8 Å². The van der Waals surface area contributed by atoms with Crippen LogP contribution in [0.5, 0.6) is 5.75 Å². The molecule has 0 radical (unpaired) electrons. The van der Waals surface area contributed by atoms with E-state index in [0.29, 0.717) is 10.8 Å². The molecule has 0 aliphatic rings. The summed E-state index contributed by atoms with van der Waals surface area (Å²) in [5, 5.41) is 12.9. The predicted octanol–water partition coefficient (Wildman–Crippen LogP) is 2.58. The minimum atomic E-state index is -0.866. The Hall–Kier alpha value is -2.11. The maximum absolute atomic E-state index is 12.7. The Balaban J connectivity index is 1.71. The fourth-order valence-corrected chi connectivity index (χ4v) is 2.09. The maximum Gasteiger partial charge on any atom is 0.224 e. The van der Waals surface area contributed by atoms with Gasteiger partial charge in [-0.25, -0.2) is 4.39 Å². The monoisotopic (exact) mass is 337 g/mol. The molecule has 122 valence electrons. The van der Waals surface area contributed by atoms with E-state index in [2.05, 4.69) is 5.32 Å². The van der Waals surface area contributed by atoms with Crippen LogP contribution in [-0.2, 0) is 11.2 Å². The lowest BCUT2D eigenvalue weighted by atomic mass is 10.1. The van der Waals surface area contributed by atoms with Gasteiger partial charge in [0.2, 0.25) is 5.91 Å². The molecule has 23 heavy (non-hydrogen) atoms. The van der Waals surface area contributed by atoms with Crippen molar-refractivity contribution >= 4 is 17.5 Å². The number of hydrogen-bond acceptors (Lipinski definition) is 3. The van der Waals surface area contributed by atoms with Gasteiger partial charge in [-0.3, -0.25) is 4.79 Å². The van der Waals surface area contributed by atoms with Crippen LogP contribution in [-0.4, -0.2) is 30.3 Å². The molecule has 1 unspecified atom stereocenters. The Kier molecular flexibility index (Phi) is 6.38. The number of hydrogen-bond donors (Lipinski definition) is 2. The van der Waals surface area contributed by atoms with Crippen LogP contribution in [0.25, 0.3) is 0 Å². The van der Waals surface area contributed by atoms with Crippen LogP contribution in [0.4, 0.5) is 4.39 Å². The molecule has 6 heteroatoms. The Morgan fingerprint density at radius 1 is 1.22 bits per heavy atom. The summed E-state index contributed by atoms with van der Waals surface area (Å²) in [6.07, 6.45) is -0.721. The van der Waals surface area contributed by atoms with E-state index in [9.17, 15) is 14.3 Å². The van der Waals surface area contributed by atoms with E-state index < -0.39 is 6.10 Å². The summed E-state index contributed by atoms with van der Waals surface area (Å²) in [5.74, 6) is -0.142. The molecule has 0 saturated heterocycles. The van der Waals surface area contributed by atoms with Crippen molar-refractivity contribution in [3.8, 4) is 5.75 Å². The Morgan fingerprint density at radius 3 is 2.61 bits per heavy atom. The lowest BCUT2D eigenvalue weighted by Gasteiger charge is -2.13. The molecule has 0 fully saturated rings. The third-order valence-electron chi connectivity index (χ3n) is 3.10.